The fraction of sp³-hybridized carbons (Fsp3) is 1.00. The van der Waals surface area contributed by atoms with Gasteiger partial charge in [0.05, 0.1) is 13.2 Å². The Morgan fingerprint density at radius 3 is 3.07 bits per heavy atom. The molecule has 0 aromatic heterocycles. The normalized spacial score (nSPS) is 21.6. The third kappa shape index (κ3) is 5.58. The average molecular weight is 201 g/mol. The molecule has 0 saturated carbocycles. The van der Waals surface area contributed by atoms with Gasteiger partial charge in [0.25, 0.3) is 0 Å². The Morgan fingerprint density at radius 2 is 2.36 bits per heavy atom. The number of unbranched alkanes of at least 4 members (excludes halogenated alkanes) is 1. The van der Waals surface area contributed by atoms with Crippen LogP contribution in [0.2, 0.25) is 0 Å². The number of rotatable bonds is 8. The zero-order valence-corrected chi connectivity index (χ0v) is 9.26. The van der Waals surface area contributed by atoms with Gasteiger partial charge in [0, 0.05) is 26.3 Å². The Kier molecular flexibility index (Phi) is 7.01. The molecule has 1 aliphatic heterocycles. The first-order chi connectivity index (χ1) is 6.93. The van der Waals surface area contributed by atoms with E-state index in [0.717, 1.165) is 45.4 Å². The van der Waals surface area contributed by atoms with Crippen LogP contribution >= 0.6 is 0 Å². The lowest BCUT2D eigenvalue weighted by Crippen LogP contribution is -2.26. The van der Waals surface area contributed by atoms with Gasteiger partial charge >= 0.3 is 0 Å². The SMILES string of the molecule is CCCCOCCNCC1CCOC1. The Balaban J connectivity index is 1.75. The maximum absolute atomic E-state index is 5.45. The van der Waals surface area contributed by atoms with Crippen LogP contribution in [0.4, 0.5) is 0 Å². The molecule has 1 saturated heterocycles. The Hall–Kier alpha value is -0.120. The molecule has 0 aliphatic carbocycles. The number of hydrogen-bond acceptors (Lipinski definition) is 3. The summed E-state index contributed by atoms with van der Waals surface area (Å²) in [5, 5.41) is 3.40. The quantitative estimate of drug-likeness (QED) is 0.603. The minimum absolute atomic E-state index is 0.727. The number of ether oxygens (including phenoxy) is 2. The molecule has 1 unspecified atom stereocenters. The predicted molar refractivity (Wildman–Crippen MR) is 57.5 cm³/mol. The van der Waals surface area contributed by atoms with E-state index in [1.807, 2.05) is 0 Å². The van der Waals surface area contributed by atoms with Crippen LogP contribution in [0, 0.1) is 5.92 Å². The minimum Gasteiger partial charge on any atom is -0.381 e. The molecule has 0 amide bonds. The molecule has 0 radical (unpaired) electrons. The van der Waals surface area contributed by atoms with E-state index in [9.17, 15) is 0 Å². The number of hydrogen-bond donors (Lipinski definition) is 1. The molecule has 0 bridgehead atoms. The first-order valence-electron chi connectivity index (χ1n) is 5.79. The first kappa shape index (κ1) is 12.0. The second-order valence-corrected chi connectivity index (χ2v) is 3.90. The standard InChI is InChI=1S/C11H23NO2/c1-2-3-6-13-8-5-12-9-11-4-7-14-10-11/h11-12H,2-10H2,1H3. The van der Waals surface area contributed by atoms with E-state index in [1.54, 1.807) is 0 Å². The molecule has 14 heavy (non-hydrogen) atoms. The van der Waals surface area contributed by atoms with E-state index >= 15 is 0 Å². The lowest BCUT2D eigenvalue weighted by atomic mass is 10.1. The van der Waals surface area contributed by atoms with Crippen molar-refractivity contribution in [2.75, 3.05) is 39.5 Å². The maximum atomic E-state index is 5.45. The molecule has 84 valence electrons. The molecular formula is C11H23NO2. The van der Waals surface area contributed by atoms with Crippen molar-refractivity contribution in [2.24, 2.45) is 5.92 Å². The van der Waals surface area contributed by atoms with E-state index in [2.05, 4.69) is 12.2 Å². The van der Waals surface area contributed by atoms with Crippen LogP contribution in [0.15, 0.2) is 0 Å². The topological polar surface area (TPSA) is 30.5 Å². The first-order valence-corrected chi connectivity index (χ1v) is 5.79. The summed E-state index contributed by atoms with van der Waals surface area (Å²) in [6.07, 6.45) is 3.60. The highest BCUT2D eigenvalue weighted by Crippen LogP contribution is 2.10. The van der Waals surface area contributed by atoms with E-state index < -0.39 is 0 Å². The second kappa shape index (κ2) is 8.21. The molecule has 3 heteroatoms. The van der Waals surface area contributed by atoms with Crippen molar-refractivity contribution in [1.29, 1.82) is 0 Å². The third-order valence-electron chi connectivity index (χ3n) is 2.52. The lowest BCUT2D eigenvalue weighted by molar-refractivity contribution is 0.131. The monoisotopic (exact) mass is 201 g/mol. The molecule has 0 aromatic carbocycles. The maximum Gasteiger partial charge on any atom is 0.0590 e. The summed E-state index contributed by atoms with van der Waals surface area (Å²) < 4.78 is 10.7. The second-order valence-electron chi connectivity index (χ2n) is 3.90. The minimum atomic E-state index is 0.727. The summed E-state index contributed by atoms with van der Waals surface area (Å²) in [5.74, 6) is 0.727. The van der Waals surface area contributed by atoms with Gasteiger partial charge in [0.15, 0.2) is 0 Å². The van der Waals surface area contributed by atoms with Crippen molar-refractivity contribution in [3.05, 3.63) is 0 Å². The van der Waals surface area contributed by atoms with Gasteiger partial charge in [0.1, 0.15) is 0 Å². The van der Waals surface area contributed by atoms with Crippen LogP contribution < -0.4 is 5.32 Å². The molecular weight excluding hydrogens is 178 g/mol. The molecule has 1 N–H and O–H groups in total. The highest BCUT2D eigenvalue weighted by Gasteiger charge is 2.14. The van der Waals surface area contributed by atoms with Crippen molar-refractivity contribution >= 4 is 0 Å². The van der Waals surface area contributed by atoms with Gasteiger partial charge in [-0.05, 0) is 18.8 Å². The average Bonchev–Trinajstić information content (AvgIpc) is 2.69. The Labute approximate surface area is 87.2 Å². The van der Waals surface area contributed by atoms with Crippen LogP contribution in [0.25, 0.3) is 0 Å². The van der Waals surface area contributed by atoms with Crippen molar-refractivity contribution in [2.45, 2.75) is 26.2 Å². The molecule has 1 rings (SSSR count). The highest BCUT2D eigenvalue weighted by atomic mass is 16.5. The molecule has 1 heterocycles. The van der Waals surface area contributed by atoms with Gasteiger partial charge in [-0.3, -0.25) is 0 Å². The molecule has 0 aromatic rings. The Morgan fingerprint density at radius 1 is 1.43 bits per heavy atom. The van der Waals surface area contributed by atoms with Gasteiger partial charge in [-0.1, -0.05) is 13.3 Å². The summed E-state index contributed by atoms with van der Waals surface area (Å²) in [6.45, 7) is 7.86. The van der Waals surface area contributed by atoms with Crippen molar-refractivity contribution < 1.29 is 9.47 Å². The molecule has 1 aliphatic rings. The van der Waals surface area contributed by atoms with Crippen LogP contribution in [-0.4, -0.2) is 39.5 Å². The van der Waals surface area contributed by atoms with E-state index in [4.69, 9.17) is 9.47 Å². The smallest absolute Gasteiger partial charge is 0.0590 e. The lowest BCUT2D eigenvalue weighted by Gasteiger charge is -2.09. The van der Waals surface area contributed by atoms with Crippen LogP contribution in [-0.2, 0) is 9.47 Å². The molecule has 1 atom stereocenters. The van der Waals surface area contributed by atoms with Crippen molar-refractivity contribution in [3.8, 4) is 0 Å². The summed E-state index contributed by atoms with van der Waals surface area (Å²) >= 11 is 0. The van der Waals surface area contributed by atoms with E-state index in [1.165, 1.54) is 19.3 Å². The van der Waals surface area contributed by atoms with E-state index in [0.29, 0.717) is 0 Å². The zero-order valence-electron chi connectivity index (χ0n) is 9.26. The van der Waals surface area contributed by atoms with Crippen molar-refractivity contribution in [1.82, 2.24) is 5.32 Å². The van der Waals surface area contributed by atoms with Crippen LogP contribution in [0.1, 0.15) is 26.2 Å². The van der Waals surface area contributed by atoms with E-state index in [-0.39, 0.29) is 0 Å². The van der Waals surface area contributed by atoms with Gasteiger partial charge in [-0.2, -0.15) is 0 Å². The number of nitrogens with one attached hydrogen (secondary N) is 1. The summed E-state index contributed by atoms with van der Waals surface area (Å²) in [4.78, 5) is 0. The van der Waals surface area contributed by atoms with Crippen LogP contribution in [0.5, 0.6) is 0 Å². The summed E-state index contributed by atoms with van der Waals surface area (Å²) in [5.41, 5.74) is 0. The Bertz CT molecular complexity index is 124. The zero-order chi connectivity index (χ0) is 10.1. The molecule has 3 nitrogen and oxygen atoms in total. The highest BCUT2D eigenvalue weighted by molar-refractivity contribution is 4.66. The fourth-order valence-corrected chi connectivity index (χ4v) is 1.54. The van der Waals surface area contributed by atoms with Gasteiger partial charge < -0.3 is 14.8 Å². The van der Waals surface area contributed by atoms with Gasteiger partial charge in [-0.15, -0.1) is 0 Å². The predicted octanol–water partition coefficient (Wildman–Crippen LogP) is 1.43. The van der Waals surface area contributed by atoms with Crippen molar-refractivity contribution in [3.63, 3.8) is 0 Å². The fourth-order valence-electron chi connectivity index (χ4n) is 1.54. The largest absolute Gasteiger partial charge is 0.381 e. The van der Waals surface area contributed by atoms with Gasteiger partial charge in [0.2, 0.25) is 0 Å². The third-order valence-corrected chi connectivity index (χ3v) is 2.52. The van der Waals surface area contributed by atoms with Crippen LogP contribution in [0.3, 0.4) is 0 Å². The molecule has 0 spiro atoms. The van der Waals surface area contributed by atoms with Gasteiger partial charge in [-0.25, -0.2) is 0 Å². The summed E-state index contributed by atoms with van der Waals surface area (Å²) in [7, 11) is 0. The molecule has 1 fully saturated rings. The summed E-state index contributed by atoms with van der Waals surface area (Å²) in [6, 6.07) is 0.